The van der Waals surface area contributed by atoms with E-state index < -0.39 is 76.0 Å². The van der Waals surface area contributed by atoms with Crippen molar-refractivity contribution in [3.8, 4) is 0 Å². The number of anilines is 2. The van der Waals surface area contributed by atoms with Crippen LogP contribution in [-0.2, 0) is 42.9 Å². The molecule has 0 heterocycles. The summed E-state index contributed by atoms with van der Waals surface area (Å²) in [5.74, 6) is -4.74. The molecule has 0 spiro atoms. The van der Waals surface area contributed by atoms with E-state index in [1.54, 1.807) is 0 Å². The van der Waals surface area contributed by atoms with Gasteiger partial charge in [-0.05, 0) is 38.8 Å². The number of nitro benzene ring substituents is 2. The average Bonchev–Trinajstić information content (AvgIpc) is 3.24. The van der Waals surface area contributed by atoms with Crippen LogP contribution < -0.4 is 37.2 Å². The number of hydrogen-bond acceptors (Lipinski definition) is 17. The van der Waals surface area contributed by atoms with Gasteiger partial charge in [-0.1, -0.05) is 19.3 Å². The van der Waals surface area contributed by atoms with E-state index in [4.69, 9.17) is 29.2 Å². The molecule has 1 aromatic carbocycles. The number of nitrogens with one attached hydrogen (secondary N) is 7. The highest BCUT2D eigenvalue weighted by atomic mass is 16.6. The predicted molar refractivity (Wildman–Crippen MR) is 228 cm³/mol. The molecule has 2 unspecified atom stereocenters. The van der Waals surface area contributed by atoms with Crippen molar-refractivity contribution in [1.82, 2.24) is 26.6 Å². The van der Waals surface area contributed by atoms with Gasteiger partial charge in [0.25, 0.3) is 11.4 Å². The Balaban J connectivity index is 2.17. The smallest absolute Gasteiger partial charge is 0.326 e. The van der Waals surface area contributed by atoms with Gasteiger partial charge in [0.05, 0.1) is 68.8 Å². The molecule has 1 rings (SSSR count). The molecule has 26 heteroatoms. The Morgan fingerprint density at radius 3 is 1.48 bits per heavy atom. The zero-order chi connectivity index (χ0) is 47.5. The van der Waals surface area contributed by atoms with E-state index in [0.29, 0.717) is 58.7 Å². The number of benzene rings is 1. The molecule has 10 N–H and O–H groups in total. The van der Waals surface area contributed by atoms with Crippen molar-refractivity contribution in [3.05, 3.63) is 32.4 Å². The van der Waals surface area contributed by atoms with Gasteiger partial charge in [-0.3, -0.25) is 34.6 Å². The topological polar surface area (TPSA) is 371 Å². The zero-order valence-electron chi connectivity index (χ0n) is 36.0. The molecule has 0 aliphatic carbocycles. The number of likely N-dealkylation sites (N-methyl/N-ethyl adjacent to an activating group) is 1. The number of aliphatic carboxylic acids is 3. The number of urea groups is 1. The molecule has 2 atom stereocenters. The third-order valence-corrected chi connectivity index (χ3v) is 8.86. The van der Waals surface area contributed by atoms with Crippen LogP contribution in [0.1, 0.15) is 64.2 Å². The van der Waals surface area contributed by atoms with E-state index in [0.717, 1.165) is 25.3 Å². The van der Waals surface area contributed by atoms with Crippen LogP contribution in [0.4, 0.5) is 27.5 Å². The third kappa shape index (κ3) is 27.2. The summed E-state index contributed by atoms with van der Waals surface area (Å²) in [7, 11) is 1.81. The Kier molecular flexibility index (Phi) is 30.2. The van der Waals surface area contributed by atoms with E-state index in [-0.39, 0.29) is 76.2 Å². The van der Waals surface area contributed by atoms with Crippen LogP contribution >= 0.6 is 0 Å². The number of rotatable bonds is 40. The lowest BCUT2D eigenvalue weighted by Crippen LogP contribution is -2.51. The summed E-state index contributed by atoms with van der Waals surface area (Å²) in [6.45, 7) is 4.11. The Morgan fingerprint density at radius 1 is 0.562 bits per heavy atom. The summed E-state index contributed by atoms with van der Waals surface area (Å²) in [6, 6.07) is -1.95. The normalized spacial score (nSPS) is 11.8. The van der Waals surface area contributed by atoms with Crippen molar-refractivity contribution in [2.75, 3.05) is 103 Å². The van der Waals surface area contributed by atoms with Crippen LogP contribution in [0, 0.1) is 20.2 Å². The number of ether oxygens (including phenoxy) is 4. The van der Waals surface area contributed by atoms with E-state index in [1.165, 1.54) is 6.07 Å². The number of nitrogens with zero attached hydrogens (tertiary/aromatic N) is 2. The molecule has 0 saturated carbocycles. The molecule has 362 valence electrons. The number of carboxylic acids is 3. The van der Waals surface area contributed by atoms with Gasteiger partial charge in [-0.25, -0.2) is 14.4 Å². The second kappa shape index (κ2) is 34.5. The highest BCUT2D eigenvalue weighted by Crippen LogP contribution is 2.36. The molecular formula is C38H63N9O17. The quantitative estimate of drug-likeness (QED) is 0.0250. The average molecular weight is 918 g/mol. The number of hydrogen-bond donors (Lipinski definition) is 10. The summed E-state index contributed by atoms with van der Waals surface area (Å²) in [5, 5.41) is 68.7. The van der Waals surface area contributed by atoms with Gasteiger partial charge in [0, 0.05) is 52.0 Å². The van der Waals surface area contributed by atoms with Gasteiger partial charge in [0.1, 0.15) is 23.5 Å². The van der Waals surface area contributed by atoms with Gasteiger partial charge in [-0.15, -0.1) is 0 Å². The second-order valence-electron chi connectivity index (χ2n) is 13.9. The molecule has 1 aromatic rings. The first-order chi connectivity index (χ1) is 30.7. The van der Waals surface area contributed by atoms with Gasteiger partial charge in [0.15, 0.2) is 0 Å². The van der Waals surface area contributed by atoms with Crippen LogP contribution in [-0.4, -0.2) is 166 Å². The molecule has 4 amide bonds. The molecule has 0 saturated heterocycles. The molecular weight excluding hydrogens is 854 g/mol. The van der Waals surface area contributed by atoms with E-state index in [9.17, 15) is 54.1 Å². The maximum Gasteiger partial charge on any atom is 0.326 e. The predicted octanol–water partition coefficient (Wildman–Crippen LogP) is 1.04. The second-order valence-corrected chi connectivity index (χ2v) is 13.9. The van der Waals surface area contributed by atoms with Crippen molar-refractivity contribution in [2.45, 2.75) is 76.3 Å². The summed E-state index contributed by atoms with van der Waals surface area (Å²) in [6.07, 6.45) is 2.62. The number of nitro groups is 2. The maximum absolute atomic E-state index is 12.2. The van der Waals surface area contributed by atoms with Crippen LogP contribution in [0.25, 0.3) is 0 Å². The highest BCUT2D eigenvalue weighted by Gasteiger charge is 2.26. The Morgan fingerprint density at radius 2 is 1.00 bits per heavy atom. The van der Waals surface area contributed by atoms with Crippen LogP contribution in [0.2, 0.25) is 0 Å². The zero-order valence-corrected chi connectivity index (χ0v) is 36.0. The monoisotopic (exact) mass is 917 g/mol. The van der Waals surface area contributed by atoms with Gasteiger partial charge < -0.3 is 71.5 Å². The number of carbonyl (C=O) groups is 6. The van der Waals surface area contributed by atoms with Gasteiger partial charge >= 0.3 is 23.9 Å². The van der Waals surface area contributed by atoms with Crippen molar-refractivity contribution in [2.24, 2.45) is 0 Å². The molecule has 0 aliphatic rings. The van der Waals surface area contributed by atoms with Crippen molar-refractivity contribution in [3.63, 3.8) is 0 Å². The largest absolute Gasteiger partial charge is 0.481 e. The number of unbranched alkanes of at least 4 members (excludes halogenated alkanes) is 4. The highest BCUT2D eigenvalue weighted by molar-refractivity contribution is 5.87. The first-order valence-electron chi connectivity index (χ1n) is 20.8. The molecule has 0 aliphatic heterocycles. The lowest BCUT2D eigenvalue weighted by molar-refractivity contribution is -0.393. The van der Waals surface area contributed by atoms with E-state index in [1.807, 2.05) is 12.4 Å². The van der Waals surface area contributed by atoms with Crippen molar-refractivity contribution < 1.29 is 72.9 Å². The van der Waals surface area contributed by atoms with Crippen LogP contribution in [0.5, 0.6) is 0 Å². The Hall–Kier alpha value is -5.96. The van der Waals surface area contributed by atoms with Gasteiger partial charge in [-0.2, -0.15) is 0 Å². The number of amides is 4. The fourth-order valence-corrected chi connectivity index (χ4v) is 5.52. The minimum atomic E-state index is -1.54. The molecule has 26 nitrogen and oxygen atoms in total. The standard InChI is InChI=1S/C38H63N9O17/c1-39-13-17-61-21-22-62-18-14-40-29-25-30(32(47(59)60)26-31(29)46(57)58)41-15-19-63-23-24-64-20-16-43-33(48)7-5-3-2-4-6-12-42-34(49)10-8-27(36(52)53)44-38(56)45-28(37(54)55)9-11-35(50)51/h25-28,39-41H,2-24H2,1H3,(H,42,49)(H,43,48)(H,50,51)(H,52,53)(H,54,55)(H2,44,45,56). The molecule has 0 fully saturated rings. The molecule has 0 aromatic heterocycles. The lowest BCUT2D eigenvalue weighted by Gasteiger charge is -2.18. The first-order valence-corrected chi connectivity index (χ1v) is 20.8. The van der Waals surface area contributed by atoms with E-state index >= 15 is 0 Å². The number of carbonyl (C=O) groups excluding carboxylic acids is 3. The van der Waals surface area contributed by atoms with Crippen molar-refractivity contribution >= 4 is 58.5 Å². The van der Waals surface area contributed by atoms with E-state index in [2.05, 4.69) is 31.9 Å². The lowest BCUT2D eigenvalue weighted by atomic mass is 10.1. The SMILES string of the molecule is CNCCOCCOCCNc1cc(NCCOCCOCCNC(=O)CCCCCCCNC(=O)CCC(NC(=O)NC(CCC(=O)O)C(=O)O)C(=O)O)c([N+](=O)[O-])cc1[N+](=O)[O-]. The van der Waals surface area contributed by atoms with Gasteiger partial charge in [0.2, 0.25) is 11.8 Å². The molecule has 64 heavy (non-hydrogen) atoms. The minimum absolute atomic E-state index is 0.0784. The maximum atomic E-state index is 12.2. The molecule has 0 radical (unpaired) electrons. The van der Waals surface area contributed by atoms with Crippen LogP contribution in [0.3, 0.4) is 0 Å². The van der Waals surface area contributed by atoms with Crippen molar-refractivity contribution in [1.29, 1.82) is 0 Å². The Bertz CT molecular complexity index is 1620. The Labute approximate surface area is 369 Å². The fraction of sp³-hybridized carbons (Fsp3) is 0.684. The fourth-order valence-electron chi connectivity index (χ4n) is 5.52. The summed E-state index contributed by atoms with van der Waals surface area (Å²) < 4.78 is 21.8. The minimum Gasteiger partial charge on any atom is -0.481 e. The summed E-state index contributed by atoms with van der Waals surface area (Å²) >= 11 is 0. The molecule has 0 bridgehead atoms. The number of carboxylic acid groups (broad SMARTS) is 3. The first kappa shape index (κ1) is 56.1. The third-order valence-electron chi connectivity index (χ3n) is 8.86. The van der Waals surface area contributed by atoms with Crippen LogP contribution in [0.15, 0.2) is 12.1 Å². The summed E-state index contributed by atoms with van der Waals surface area (Å²) in [5.41, 5.74) is -0.736. The summed E-state index contributed by atoms with van der Waals surface area (Å²) in [4.78, 5) is 91.7.